The molecule has 5 nitrogen and oxygen atoms in total. The Bertz CT molecular complexity index is 585. The Morgan fingerprint density at radius 1 is 1.24 bits per heavy atom. The molecule has 0 radical (unpaired) electrons. The highest BCUT2D eigenvalue weighted by Crippen LogP contribution is 2.17. The molecular weight excluding hydrogens is 264 g/mol. The van der Waals surface area contributed by atoms with Crippen LogP contribution in [0, 0.1) is 0 Å². The van der Waals surface area contributed by atoms with Crippen LogP contribution in [0.3, 0.4) is 0 Å². The predicted octanol–water partition coefficient (Wildman–Crippen LogP) is 2.74. The molecule has 2 aromatic rings. The average Bonchev–Trinajstić information content (AvgIpc) is 3.20. The van der Waals surface area contributed by atoms with Crippen LogP contribution in [0.5, 0.6) is 0 Å². The van der Waals surface area contributed by atoms with Crippen molar-refractivity contribution in [3.05, 3.63) is 48.5 Å². The Balaban J connectivity index is 1.64. The molecule has 1 unspecified atom stereocenters. The lowest BCUT2D eigenvalue weighted by Crippen LogP contribution is -2.39. The fourth-order valence-corrected chi connectivity index (χ4v) is 2.63. The summed E-state index contributed by atoms with van der Waals surface area (Å²) in [6.07, 6.45) is 7.66. The molecule has 110 valence electrons. The van der Waals surface area contributed by atoms with E-state index in [1.54, 1.807) is 12.5 Å². The number of amides is 2. The zero-order valence-corrected chi connectivity index (χ0v) is 12.2. The smallest absolute Gasteiger partial charge is 0.317 e. The molecule has 0 saturated carbocycles. The number of hydrogen-bond acceptors (Lipinski definition) is 2. The molecule has 0 aliphatic carbocycles. The van der Waals surface area contributed by atoms with Crippen LogP contribution >= 0.6 is 0 Å². The van der Waals surface area contributed by atoms with Gasteiger partial charge in [-0.05, 0) is 37.5 Å². The van der Waals surface area contributed by atoms with Crippen molar-refractivity contribution >= 4 is 6.03 Å². The summed E-state index contributed by atoms with van der Waals surface area (Å²) in [5.74, 6) is 0. The highest BCUT2D eigenvalue weighted by molar-refractivity contribution is 5.75. The zero-order chi connectivity index (χ0) is 14.7. The van der Waals surface area contributed by atoms with Crippen LogP contribution in [0.15, 0.2) is 43.0 Å². The minimum atomic E-state index is 0.00920. The quantitative estimate of drug-likeness (QED) is 0.942. The predicted molar refractivity (Wildman–Crippen MR) is 81.3 cm³/mol. The Morgan fingerprint density at radius 2 is 1.95 bits per heavy atom. The van der Waals surface area contributed by atoms with Gasteiger partial charge in [0, 0.05) is 31.2 Å². The van der Waals surface area contributed by atoms with Gasteiger partial charge < -0.3 is 14.8 Å². The molecule has 1 aliphatic heterocycles. The van der Waals surface area contributed by atoms with Crippen LogP contribution < -0.4 is 5.32 Å². The van der Waals surface area contributed by atoms with E-state index in [9.17, 15) is 4.79 Å². The fraction of sp³-hybridized carbons (Fsp3) is 0.375. The van der Waals surface area contributed by atoms with Crippen LogP contribution in [0.4, 0.5) is 4.79 Å². The summed E-state index contributed by atoms with van der Waals surface area (Å²) in [7, 11) is 0. The van der Waals surface area contributed by atoms with Crippen molar-refractivity contribution in [3.63, 3.8) is 0 Å². The zero-order valence-electron chi connectivity index (χ0n) is 12.2. The molecule has 5 heteroatoms. The lowest BCUT2D eigenvalue weighted by molar-refractivity contribution is 0.205. The van der Waals surface area contributed by atoms with Crippen LogP contribution in [0.25, 0.3) is 5.69 Å². The molecule has 0 spiro atoms. The summed E-state index contributed by atoms with van der Waals surface area (Å²) in [4.78, 5) is 18.0. The Hall–Kier alpha value is -2.30. The van der Waals surface area contributed by atoms with E-state index in [1.165, 1.54) is 0 Å². The lowest BCUT2D eigenvalue weighted by atomic mass is 10.1. The topological polar surface area (TPSA) is 50.2 Å². The van der Waals surface area contributed by atoms with Gasteiger partial charge in [-0.1, -0.05) is 12.1 Å². The van der Waals surface area contributed by atoms with Gasteiger partial charge in [0.05, 0.1) is 12.4 Å². The van der Waals surface area contributed by atoms with Crippen molar-refractivity contribution in [2.75, 3.05) is 13.1 Å². The number of carbonyl (C=O) groups is 1. The maximum Gasteiger partial charge on any atom is 0.317 e. The van der Waals surface area contributed by atoms with E-state index in [2.05, 4.69) is 10.3 Å². The fourth-order valence-electron chi connectivity index (χ4n) is 2.63. The molecule has 1 fully saturated rings. The summed E-state index contributed by atoms with van der Waals surface area (Å²) >= 11 is 0. The molecule has 2 amide bonds. The van der Waals surface area contributed by atoms with Gasteiger partial charge in [-0.3, -0.25) is 0 Å². The van der Waals surface area contributed by atoms with Crippen LogP contribution in [0.1, 0.15) is 31.4 Å². The van der Waals surface area contributed by atoms with Gasteiger partial charge in [0.1, 0.15) is 0 Å². The van der Waals surface area contributed by atoms with Crippen molar-refractivity contribution in [1.82, 2.24) is 19.8 Å². The van der Waals surface area contributed by atoms with E-state index in [-0.39, 0.29) is 12.1 Å². The Kier molecular flexibility index (Phi) is 3.90. The highest BCUT2D eigenvalue weighted by Gasteiger charge is 2.19. The van der Waals surface area contributed by atoms with E-state index >= 15 is 0 Å². The number of nitrogens with one attached hydrogen (secondary N) is 1. The van der Waals surface area contributed by atoms with Gasteiger partial charge in [-0.15, -0.1) is 0 Å². The maximum atomic E-state index is 12.1. The van der Waals surface area contributed by atoms with E-state index in [0.717, 1.165) is 37.2 Å². The first-order chi connectivity index (χ1) is 10.2. The number of aromatic nitrogens is 2. The summed E-state index contributed by atoms with van der Waals surface area (Å²) in [6.45, 7) is 3.76. The molecule has 0 bridgehead atoms. The molecule has 1 saturated heterocycles. The minimum Gasteiger partial charge on any atom is -0.331 e. The number of benzene rings is 1. The summed E-state index contributed by atoms with van der Waals surface area (Å²) in [6, 6.07) is 8.22. The number of urea groups is 1. The summed E-state index contributed by atoms with van der Waals surface area (Å²) in [5, 5.41) is 3.06. The van der Waals surface area contributed by atoms with E-state index < -0.39 is 0 Å². The van der Waals surface area contributed by atoms with Gasteiger partial charge in [0.25, 0.3) is 0 Å². The molecular formula is C16H20N4O. The maximum absolute atomic E-state index is 12.1. The van der Waals surface area contributed by atoms with Crippen molar-refractivity contribution < 1.29 is 4.79 Å². The van der Waals surface area contributed by atoms with Crippen LogP contribution in [-0.4, -0.2) is 33.6 Å². The van der Waals surface area contributed by atoms with E-state index in [1.807, 2.05) is 46.9 Å². The van der Waals surface area contributed by atoms with E-state index in [4.69, 9.17) is 0 Å². The number of imidazole rings is 1. The number of nitrogens with zero attached hydrogens (tertiary/aromatic N) is 3. The standard InChI is InChI=1S/C16H20N4O/c1-13(18-16(21)19-9-2-3-10-19)14-4-6-15(7-5-14)20-11-8-17-12-20/h4-8,11-13H,2-3,9-10H2,1H3,(H,18,21). The average molecular weight is 284 g/mol. The molecule has 1 N–H and O–H groups in total. The van der Waals surface area contributed by atoms with E-state index in [0.29, 0.717) is 0 Å². The number of rotatable bonds is 3. The third kappa shape index (κ3) is 3.07. The third-order valence-corrected chi connectivity index (χ3v) is 3.93. The number of likely N-dealkylation sites (tertiary alicyclic amines) is 1. The molecule has 1 aromatic carbocycles. The van der Waals surface area contributed by atoms with Gasteiger partial charge in [-0.25, -0.2) is 9.78 Å². The first-order valence-electron chi connectivity index (χ1n) is 7.38. The number of carbonyl (C=O) groups excluding carboxylic acids is 1. The Morgan fingerprint density at radius 3 is 2.57 bits per heavy atom. The second kappa shape index (κ2) is 5.99. The van der Waals surface area contributed by atoms with Crippen LogP contribution in [0.2, 0.25) is 0 Å². The van der Waals surface area contributed by atoms with Crippen molar-refractivity contribution in [3.8, 4) is 5.69 Å². The molecule has 1 aliphatic rings. The minimum absolute atomic E-state index is 0.00920. The van der Waals surface area contributed by atoms with Crippen molar-refractivity contribution in [2.24, 2.45) is 0 Å². The molecule has 1 atom stereocenters. The van der Waals surface area contributed by atoms with Crippen molar-refractivity contribution in [2.45, 2.75) is 25.8 Å². The van der Waals surface area contributed by atoms with Gasteiger partial charge in [0.15, 0.2) is 0 Å². The second-order valence-corrected chi connectivity index (χ2v) is 5.43. The molecule has 2 heterocycles. The second-order valence-electron chi connectivity index (χ2n) is 5.43. The van der Waals surface area contributed by atoms with Crippen LogP contribution in [-0.2, 0) is 0 Å². The lowest BCUT2D eigenvalue weighted by Gasteiger charge is -2.21. The third-order valence-electron chi connectivity index (χ3n) is 3.93. The van der Waals surface area contributed by atoms with Gasteiger partial charge in [0.2, 0.25) is 0 Å². The normalized spacial score (nSPS) is 16.0. The van der Waals surface area contributed by atoms with Gasteiger partial charge in [-0.2, -0.15) is 0 Å². The van der Waals surface area contributed by atoms with Gasteiger partial charge >= 0.3 is 6.03 Å². The SMILES string of the molecule is CC(NC(=O)N1CCCC1)c1ccc(-n2ccnc2)cc1. The van der Waals surface area contributed by atoms with Crippen molar-refractivity contribution in [1.29, 1.82) is 0 Å². The molecule has 1 aromatic heterocycles. The molecule has 3 rings (SSSR count). The monoisotopic (exact) mass is 284 g/mol. The molecule has 21 heavy (non-hydrogen) atoms. The summed E-state index contributed by atoms with van der Waals surface area (Å²) in [5.41, 5.74) is 2.17. The highest BCUT2D eigenvalue weighted by atomic mass is 16.2. The Labute approximate surface area is 124 Å². The summed E-state index contributed by atoms with van der Waals surface area (Å²) < 4.78 is 1.96. The largest absolute Gasteiger partial charge is 0.331 e. The first kappa shape index (κ1) is 13.7. The number of hydrogen-bond donors (Lipinski definition) is 1. The first-order valence-corrected chi connectivity index (χ1v) is 7.38.